The molecule has 112 valence electrons. The van der Waals surface area contributed by atoms with Crippen LogP contribution in [0.3, 0.4) is 0 Å². The number of nitrogens with two attached hydrogens (primary N) is 1. The quantitative estimate of drug-likeness (QED) is 0.257. The van der Waals surface area contributed by atoms with Gasteiger partial charge in [0.1, 0.15) is 23.7 Å². The van der Waals surface area contributed by atoms with Gasteiger partial charge in [0.25, 0.3) is 5.79 Å². The van der Waals surface area contributed by atoms with Crippen LogP contribution < -0.4 is 5.73 Å². The number of halogens is 1. The van der Waals surface area contributed by atoms with Crippen molar-refractivity contribution in [3.05, 3.63) is 0 Å². The van der Waals surface area contributed by atoms with Gasteiger partial charge in [-0.3, -0.25) is 0 Å². The molecule has 8 N–H and O–H groups in total. The second kappa shape index (κ2) is 5.85. The van der Waals surface area contributed by atoms with Crippen molar-refractivity contribution in [1.82, 2.24) is 0 Å². The first-order valence-corrected chi connectivity index (χ1v) is 5.78. The molecule has 1 heterocycles. The molecule has 0 aromatic rings. The lowest BCUT2D eigenvalue weighted by Crippen LogP contribution is -2.71. The molecule has 7 atom stereocenters. The van der Waals surface area contributed by atoms with Gasteiger partial charge in [-0.15, -0.1) is 11.6 Å². The minimum absolute atomic E-state index is 0.848. The number of ether oxygens (including phenoxy) is 1. The van der Waals surface area contributed by atoms with E-state index in [2.05, 4.69) is 0 Å². The Balaban J connectivity index is 3.04. The van der Waals surface area contributed by atoms with Gasteiger partial charge < -0.3 is 41.1 Å². The Hall–Kier alpha value is -0.520. The van der Waals surface area contributed by atoms with Gasteiger partial charge in [0.15, 0.2) is 0 Å². The lowest BCUT2D eigenvalue weighted by atomic mass is 9.89. The summed E-state index contributed by atoms with van der Waals surface area (Å²) in [4.78, 5) is 10.9. The zero-order chi connectivity index (χ0) is 15.0. The number of hydrogen-bond acceptors (Lipinski definition) is 8. The maximum absolute atomic E-state index is 10.9. The SMILES string of the molecule is N[C@H]1[C@H]([C@H](O)[C@H](O)CO)O[C@](O)(C(=O)O)C(Cl)[C@@H]1O. The molecule has 1 unspecified atom stereocenters. The second-order valence-corrected chi connectivity index (χ2v) is 4.76. The number of carboxylic acids is 1. The van der Waals surface area contributed by atoms with Crippen LogP contribution in [0.2, 0.25) is 0 Å². The second-order valence-electron chi connectivity index (χ2n) is 4.29. The van der Waals surface area contributed by atoms with Gasteiger partial charge in [-0.2, -0.15) is 0 Å². The summed E-state index contributed by atoms with van der Waals surface area (Å²) in [6.07, 6.45) is -6.84. The van der Waals surface area contributed by atoms with E-state index >= 15 is 0 Å². The van der Waals surface area contributed by atoms with Crippen molar-refractivity contribution in [3.8, 4) is 0 Å². The molecule has 9 nitrogen and oxygen atoms in total. The summed E-state index contributed by atoms with van der Waals surface area (Å²) in [6.45, 7) is -0.848. The number of aliphatic hydroxyl groups excluding tert-OH is 4. The third kappa shape index (κ3) is 2.83. The van der Waals surface area contributed by atoms with Gasteiger partial charge in [0.2, 0.25) is 0 Å². The third-order valence-electron chi connectivity index (χ3n) is 2.99. The Bertz CT molecular complexity index is 340. The number of rotatable bonds is 4. The van der Waals surface area contributed by atoms with Crippen molar-refractivity contribution < 1.29 is 40.2 Å². The first-order chi connectivity index (χ1) is 8.66. The highest BCUT2D eigenvalue weighted by Crippen LogP contribution is 2.33. The van der Waals surface area contributed by atoms with Gasteiger partial charge in [-0.25, -0.2) is 4.79 Å². The average Bonchev–Trinajstić information content (AvgIpc) is 2.38. The highest BCUT2D eigenvalue weighted by atomic mass is 35.5. The van der Waals surface area contributed by atoms with Crippen molar-refractivity contribution in [2.24, 2.45) is 5.73 Å². The first-order valence-electron chi connectivity index (χ1n) is 5.35. The van der Waals surface area contributed by atoms with E-state index in [1.807, 2.05) is 0 Å². The fourth-order valence-corrected chi connectivity index (χ4v) is 2.08. The Morgan fingerprint density at radius 3 is 2.42 bits per heavy atom. The molecule has 1 aliphatic heterocycles. The van der Waals surface area contributed by atoms with E-state index in [4.69, 9.17) is 32.3 Å². The third-order valence-corrected chi connectivity index (χ3v) is 3.54. The minimum Gasteiger partial charge on any atom is -0.477 e. The summed E-state index contributed by atoms with van der Waals surface area (Å²) in [5.74, 6) is -4.85. The Labute approximate surface area is 112 Å². The Morgan fingerprint density at radius 2 is 2.00 bits per heavy atom. The highest BCUT2D eigenvalue weighted by molar-refractivity contribution is 6.23. The normalized spacial score (nSPS) is 42.7. The van der Waals surface area contributed by atoms with Crippen molar-refractivity contribution in [2.45, 2.75) is 41.6 Å². The molecule has 1 aliphatic rings. The number of carbonyl (C=O) groups is 1. The molecule has 0 spiro atoms. The summed E-state index contributed by atoms with van der Waals surface area (Å²) in [6, 6.07) is -1.36. The van der Waals surface area contributed by atoms with Gasteiger partial charge in [0, 0.05) is 0 Å². The largest absolute Gasteiger partial charge is 0.477 e. The molecular weight excluding hydrogens is 286 g/mol. The Morgan fingerprint density at radius 1 is 1.47 bits per heavy atom. The predicted molar refractivity (Wildman–Crippen MR) is 60.2 cm³/mol. The highest BCUT2D eigenvalue weighted by Gasteiger charge is 2.58. The molecule has 0 saturated carbocycles. The summed E-state index contributed by atoms with van der Waals surface area (Å²) < 4.78 is 4.73. The number of alkyl halides is 1. The lowest BCUT2D eigenvalue weighted by Gasteiger charge is -2.45. The fourth-order valence-electron chi connectivity index (χ4n) is 1.76. The monoisotopic (exact) mass is 301 g/mol. The van der Waals surface area contributed by atoms with Crippen LogP contribution in [-0.2, 0) is 9.53 Å². The van der Waals surface area contributed by atoms with Crippen molar-refractivity contribution in [1.29, 1.82) is 0 Å². The van der Waals surface area contributed by atoms with E-state index in [0.717, 1.165) is 0 Å². The fraction of sp³-hybridized carbons (Fsp3) is 0.889. The minimum atomic E-state index is -2.97. The van der Waals surface area contributed by atoms with E-state index in [0.29, 0.717) is 0 Å². The molecule has 0 aromatic heterocycles. The van der Waals surface area contributed by atoms with Crippen LogP contribution in [-0.4, -0.2) is 84.8 Å². The smallest absolute Gasteiger partial charge is 0.366 e. The summed E-state index contributed by atoms with van der Waals surface area (Å²) in [7, 11) is 0. The van der Waals surface area contributed by atoms with Crippen LogP contribution in [0.5, 0.6) is 0 Å². The van der Waals surface area contributed by atoms with E-state index in [1.54, 1.807) is 0 Å². The van der Waals surface area contributed by atoms with Crippen LogP contribution in [0.4, 0.5) is 0 Å². The number of hydrogen-bond donors (Lipinski definition) is 7. The molecule has 10 heteroatoms. The van der Waals surface area contributed by atoms with E-state index in [9.17, 15) is 25.2 Å². The first kappa shape index (κ1) is 16.5. The van der Waals surface area contributed by atoms with E-state index in [-0.39, 0.29) is 0 Å². The lowest BCUT2D eigenvalue weighted by molar-refractivity contribution is -0.290. The molecular formula is C9H16ClNO8. The number of aliphatic carboxylic acids is 1. The molecule has 0 bridgehead atoms. The topological polar surface area (TPSA) is 174 Å². The van der Waals surface area contributed by atoms with Gasteiger partial charge in [0.05, 0.1) is 18.8 Å². The molecule has 0 amide bonds. The Kier molecular flexibility index (Phi) is 5.09. The van der Waals surface area contributed by atoms with Crippen LogP contribution >= 0.6 is 11.6 Å². The van der Waals surface area contributed by atoms with Gasteiger partial charge >= 0.3 is 5.97 Å². The maximum Gasteiger partial charge on any atom is 0.366 e. The van der Waals surface area contributed by atoms with Gasteiger partial charge in [-0.05, 0) is 0 Å². The van der Waals surface area contributed by atoms with E-state index < -0.39 is 54.2 Å². The van der Waals surface area contributed by atoms with Crippen LogP contribution in [0.15, 0.2) is 0 Å². The average molecular weight is 302 g/mol. The molecule has 19 heavy (non-hydrogen) atoms. The standard InChI is InChI=1S/C9H16ClNO8/c10-7-5(15)3(11)6(4(14)2(13)1-12)19-9(7,18)8(16)17/h2-7,12-15,18H,1,11H2,(H,16,17)/t2-,3-,4-,5-,6-,7?,9+/m1/s1. The molecule has 0 aromatic carbocycles. The molecule has 1 rings (SSSR count). The zero-order valence-electron chi connectivity index (χ0n) is 9.63. The van der Waals surface area contributed by atoms with Crippen molar-refractivity contribution in [3.63, 3.8) is 0 Å². The maximum atomic E-state index is 10.9. The molecule has 0 radical (unpaired) electrons. The molecule has 1 fully saturated rings. The number of carboxylic acid groups (broad SMARTS) is 1. The van der Waals surface area contributed by atoms with Crippen LogP contribution in [0.1, 0.15) is 0 Å². The molecule has 0 aliphatic carbocycles. The van der Waals surface area contributed by atoms with Crippen LogP contribution in [0.25, 0.3) is 0 Å². The predicted octanol–water partition coefficient (Wildman–Crippen LogP) is -3.83. The van der Waals surface area contributed by atoms with Crippen molar-refractivity contribution >= 4 is 17.6 Å². The van der Waals surface area contributed by atoms with Crippen molar-refractivity contribution in [2.75, 3.05) is 6.61 Å². The van der Waals surface area contributed by atoms with E-state index in [1.165, 1.54) is 0 Å². The summed E-state index contributed by atoms with van der Waals surface area (Å²) in [5, 5.41) is 54.2. The summed E-state index contributed by atoms with van der Waals surface area (Å²) >= 11 is 5.57. The molecule has 1 saturated heterocycles. The number of aliphatic hydroxyl groups is 5. The van der Waals surface area contributed by atoms with Gasteiger partial charge in [-0.1, -0.05) is 0 Å². The van der Waals surface area contributed by atoms with Crippen LogP contribution in [0, 0.1) is 0 Å². The zero-order valence-corrected chi connectivity index (χ0v) is 10.4. The summed E-state index contributed by atoms with van der Waals surface area (Å²) in [5.41, 5.74) is 5.51.